The number of aromatic hydroxyl groups is 2. The lowest BCUT2D eigenvalue weighted by Gasteiger charge is -2.42. The van der Waals surface area contributed by atoms with Gasteiger partial charge >= 0.3 is 0 Å². The minimum atomic E-state index is -2.04. The van der Waals surface area contributed by atoms with Crippen LogP contribution in [0.2, 0.25) is 0 Å². The van der Waals surface area contributed by atoms with E-state index in [1.165, 1.54) is 36.4 Å². The fourth-order valence-electron chi connectivity index (χ4n) is 4.57. The monoisotopic (exact) mass is 564 g/mol. The summed E-state index contributed by atoms with van der Waals surface area (Å²) in [6.45, 7) is -2.06. The predicted octanol–water partition coefficient (Wildman–Crippen LogP) is -1.49. The van der Waals surface area contributed by atoms with Crippen LogP contribution in [-0.2, 0) is 14.2 Å². The lowest BCUT2D eigenvalue weighted by molar-refractivity contribution is -0.318. The quantitative estimate of drug-likeness (QED) is 0.164. The Bertz CT molecular complexity index is 1410. The van der Waals surface area contributed by atoms with Crippen LogP contribution in [0.1, 0.15) is 0 Å². The maximum atomic E-state index is 12.8. The normalized spacial score (nSPS) is 32.4. The zero-order valence-electron chi connectivity index (χ0n) is 20.7. The first kappa shape index (κ1) is 28.2. The summed E-state index contributed by atoms with van der Waals surface area (Å²) < 4.78 is 28.0. The van der Waals surface area contributed by atoms with E-state index in [9.17, 15) is 45.6 Å². The van der Waals surface area contributed by atoms with Crippen LogP contribution in [0.4, 0.5) is 0 Å². The highest BCUT2D eigenvalue weighted by Crippen LogP contribution is 2.35. The number of hydrogen-bond donors (Lipinski definition) is 8. The maximum Gasteiger partial charge on any atom is 0.229 e. The van der Waals surface area contributed by atoms with E-state index in [0.29, 0.717) is 5.56 Å². The summed E-state index contributed by atoms with van der Waals surface area (Å²) >= 11 is 0. The standard InChI is InChI=1S/C26H28O14/c27-8-18-20(32)21(33)22(40-25-23(34)26(35,9-28)10-36-25)24(39-18)37-13-5-14(30)19-15(31)7-16(38-17(19)6-13)11-1-3-12(29)4-2-11/h1-7,18,20-25,27-30,32-35H,8-10H2/t18?,20-,21+,22?,23?,24-,25?,26?/m0/s1. The van der Waals surface area contributed by atoms with E-state index in [1.54, 1.807) is 0 Å². The van der Waals surface area contributed by atoms with Crippen molar-refractivity contribution in [3.05, 3.63) is 52.7 Å². The molecular formula is C26H28O14. The lowest BCUT2D eigenvalue weighted by Crippen LogP contribution is -2.62. The Morgan fingerprint density at radius 1 is 0.975 bits per heavy atom. The Hall–Kier alpha value is -3.31. The fourth-order valence-corrected chi connectivity index (χ4v) is 4.57. The molecule has 14 nitrogen and oxygen atoms in total. The van der Waals surface area contributed by atoms with E-state index in [2.05, 4.69) is 0 Å². The van der Waals surface area contributed by atoms with Crippen LogP contribution in [0.3, 0.4) is 0 Å². The van der Waals surface area contributed by atoms with Crippen molar-refractivity contribution in [2.45, 2.75) is 48.7 Å². The summed E-state index contributed by atoms with van der Waals surface area (Å²) in [7, 11) is 0. The van der Waals surface area contributed by atoms with E-state index in [0.717, 1.165) is 6.07 Å². The Morgan fingerprint density at radius 2 is 1.70 bits per heavy atom. The number of fused-ring (bicyclic) bond motifs is 1. The molecule has 0 spiro atoms. The van der Waals surface area contributed by atoms with E-state index in [4.69, 9.17) is 23.4 Å². The molecule has 2 saturated heterocycles. The van der Waals surface area contributed by atoms with Crippen molar-refractivity contribution in [1.82, 2.24) is 0 Å². The van der Waals surface area contributed by atoms with Gasteiger partial charge in [-0.2, -0.15) is 0 Å². The van der Waals surface area contributed by atoms with Crippen molar-refractivity contribution >= 4 is 11.0 Å². The van der Waals surface area contributed by atoms with E-state index < -0.39 is 79.7 Å². The van der Waals surface area contributed by atoms with Crippen LogP contribution < -0.4 is 10.2 Å². The molecule has 0 radical (unpaired) electrons. The molecule has 3 heterocycles. The minimum absolute atomic E-state index is 0.00882. The Kier molecular flexibility index (Phi) is 7.71. The molecule has 1 aromatic heterocycles. The molecular weight excluding hydrogens is 536 g/mol. The van der Waals surface area contributed by atoms with Crippen molar-refractivity contribution < 1.29 is 64.2 Å². The van der Waals surface area contributed by atoms with Crippen molar-refractivity contribution in [3.63, 3.8) is 0 Å². The van der Waals surface area contributed by atoms with Gasteiger partial charge < -0.3 is 64.2 Å². The first-order valence-corrected chi connectivity index (χ1v) is 12.2. The van der Waals surface area contributed by atoms with Crippen molar-refractivity contribution in [3.8, 4) is 28.6 Å². The molecule has 8 atom stereocenters. The van der Waals surface area contributed by atoms with Gasteiger partial charge in [-0.25, -0.2) is 0 Å². The first-order chi connectivity index (χ1) is 19.0. The summed E-state index contributed by atoms with van der Waals surface area (Å²) in [4.78, 5) is 12.8. The second-order valence-electron chi connectivity index (χ2n) is 9.65. The maximum absolute atomic E-state index is 12.8. The molecule has 2 aliphatic rings. The van der Waals surface area contributed by atoms with Gasteiger partial charge in [0.1, 0.15) is 64.0 Å². The molecule has 0 saturated carbocycles. The minimum Gasteiger partial charge on any atom is -0.508 e. The molecule has 2 fully saturated rings. The summed E-state index contributed by atoms with van der Waals surface area (Å²) in [5.41, 5.74) is -2.22. The molecule has 5 rings (SSSR count). The average Bonchev–Trinajstić information content (AvgIpc) is 3.21. The van der Waals surface area contributed by atoms with Crippen LogP contribution in [0.15, 0.2) is 51.7 Å². The van der Waals surface area contributed by atoms with Gasteiger partial charge in [-0.15, -0.1) is 0 Å². The van der Waals surface area contributed by atoms with Gasteiger partial charge in [0.05, 0.1) is 19.8 Å². The number of aliphatic hydroxyl groups excluding tert-OH is 5. The van der Waals surface area contributed by atoms with Crippen LogP contribution in [0.25, 0.3) is 22.3 Å². The van der Waals surface area contributed by atoms with Gasteiger partial charge in [-0.1, -0.05) is 0 Å². The largest absolute Gasteiger partial charge is 0.508 e. The number of aliphatic hydroxyl groups is 6. The van der Waals surface area contributed by atoms with Gasteiger partial charge in [0.15, 0.2) is 17.8 Å². The Balaban J connectivity index is 1.47. The highest BCUT2D eigenvalue weighted by molar-refractivity contribution is 5.86. The average molecular weight is 564 g/mol. The van der Waals surface area contributed by atoms with Crippen LogP contribution in [-0.4, -0.2) is 109 Å². The number of benzene rings is 2. The second kappa shape index (κ2) is 10.9. The van der Waals surface area contributed by atoms with Crippen LogP contribution in [0, 0.1) is 0 Å². The van der Waals surface area contributed by atoms with Gasteiger partial charge in [0.2, 0.25) is 6.29 Å². The highest BCUT2D eigenvalue weighted by atomic mass is 16.8. The SMILES string of the molecule is O=c1cc(-c2ccc(O)cc2)oc2cc(O[C@H]3OC(CO)[C@H](O)[C@@H](O)C3OC3OCC(O)(CO)C3O)cc(O)c12. The molecule has 0 bridgehead atoms. The third kappa shape index (κ3) is 5.12. The fraction of sp³-hybridized carbons (Fsp3) is 0.423. The van der Waals surface area contributed by atoms with E-state index in [1.807, 2.05) is 0 Å². The van der Waals surface area contributed by atoms with Crippen molar-refractivity contribution in [2.24, 2.45) is 0 Å². The summed E-state index contributed by atoms with van der Waals surface area (Å²) in [5.74, 6) is -0.496. The molecule has 8 N–H and O–H groups in total. The molecule has 5 unspecified atom stereocenters. The zero-order valence-corrected chi connectivity index (χ0v) is 20.7. The first-order valence-electron chi connectivity index (χ1n) is 12.2. The van der Waals surface area contributed by atoms with Crippen LogP contribution >= 0.6 is 0 Å². The van der Waals surface area contributed by atoms with Crippen molar-refractivity contribution in [2.75, 3.05) is 19.8 Å². The van der Waals surface area contributed by atoms with Crippen LogP contribution in [0.5, 0.6) is 17.2 Å². The number of rotatable bonds is 7. The Morgan fingerprint density at radius 3 is 2.35 bits per heavy atom. The summed E-state index contributed by atoms with van der Waals surface area (Å²) in [6.07, 6.45) is -11.2. The number of hydrogen-bond acceptors (Lipinski definition) is 14. The molecule has 0 aliphatic carbocycles. The predicted molar refractivity (Wildman–Crippen MR) is 132 cm³/mol. The van der Waals surface area contributed by atoms with Gasteiger partial charge in [0.25, 0.3) is 0 Å². The van der Waals surface area contributed by atoms with Gasteiger partial charge in [0, 0.05) is 23.8 Å². The highest BCUT2D eigenvalue weighted by Gasteiger charge is 2.53. The third-order valence-corrected chi connectivity index (χ3v) is 6.88. The molecule has 216 valence electrons. The molecule has 40 heavy (non-hydrogen) atoms. The Labute approximate surface area is 225 Å². The smallest absolute Gasteiger partial charge is 0.229 e. The zero-order chi connectivity index (χ0) is 28.8. The van der Waals surface area contributed by atoms with Gasteiger partial charge in [-0.3, -0.25) is 4.79 Å². The van der Waals surface area contributed by atoms with Gasteiger partial charge in [-0.05, 0) is 24.3 Å². The molecule has 3 aromatic rings. The molecule has 0 amide bonds. The summed E-state index contributed by atoms with van der Waals surface area (Å²) in [6, 6.07) is 9.37. The second-order valence-corrected chi connectivity index (χ2v) is 9.65. The molecule has 2 aromatic carbocycles. The topological polar surface area (TPSA) is 229 Å². The molecule has 2 aliphatic heterocycles. The number of phenols is 2. The van der Waals surface area contributed by atoms with Crippen molar-refractivity contribution in [1.29, 1.82) is 0 Å². The molecule has 14 heteroatoms. The third-order valence-electron chi connectivity index (χ3n) is 6.88. The number of phenolic OH excluding ortho intramolecular Hbond substituents is 2. The van der Waals surface area contributed by atoms with E-state index >= 15 is 0 Å². The lowest BCUT2D eigenvalue weighted by atomic mass is 9.98. The summed E-state index contributed by atoms with van der Waals surface area (Å²) in [5, 5.41) is 80.7. The van der Waals surface area contributed by atoms with E-state index in [-0.39, 0.29) is 28.2 Å². The number of ether oxygens (including phenoxy) is 4.